The summed E-state index contributed by atoms with van der Waals surface area (Å²) in [4.78, 5) is 10.9. The third-order valence-electron chi connectivity index (χ3n) is 3.21. The number of hydrogen-bond donors (Lipinski definition) is 1. The smallest absolute Gasteiger partial charge is 0.318 e. The first-order valence-electron chi connectivity index (χ1n) is 6.40. The average Bonchev–Trinajstić information content (AvgIpc) is 3.21. The Morgan fingerprint density at radius 3 is 2.67 bits per heavy atom. The monoisotopic (exact) mass is 333 g/mol. The number of aliphatic carboxylic acids is 1. The summed E-state index contributed by atoms with van der Waals surface area (Å²) in [5.74, 6) is -0.849. The van der Waals surface area contributed by atoms with Gasteiger partial charge >= 0.3 is 5.97 Å². The molecule has 0 aromatic heterocycles. The van der Waals surface area contributed by atoms with E-state index in [2.05, 4.69) is 0 Å². The molecule has 0 atom stereocenters. The zero-order valence-electron chi connectivity index (χ0n) is 11.5. The molecule has 1 aromatic rings. The van der Waals surface area contributed by atoms with Gasteiger partial charge in [0.05, 0.1) is 7.11 Å². The number of ether oxygens (including phenoxy) is 1. The minimum absolute atomic E-state index is 0.0729. The van der Waals surface area contributed by atoms with Crippen LogP contribution in [0.3, 0.4) is 0 Å². The van der Waals surface area contributed by atoms with Gasteiger partial charge in [-0.25, -0.2) is 8.42 Å². The lowest BCUT2D eigenvalue weighted by Crippen LogP contribution is -2.37. The molecule has 116 valence electrons. The molecule has 0 saturated heterocycles. The summed E-state index contributed by atoms with van der Waals surface area (Å²) in [6, 6.07) is 4.16. The van der Waals surface area contributed by atoms with Crippen LogP contribution in [0.4, 0.5) is 0 Å². The summed E-state index contributed by atoms with van der Waals surface area (Å²) in [6.07, 6.45) is 1.84. The number of carboxylic acid groups (broad SMARTS) is 1. The fourth-order valence-electron chi connectivity index (χ4n) is 1.98. The molecule has 8 heteroatoms. The maximum absolute atomic E-state index is 12.7. The maximum atomic E-state index is 12.7. The lowest BCUT2D eigenvalue weighted by Gasteiger charge is -2.21. The van der Waals surface area contributed by atoms with Crippen molar-refractivity contribution in [2.75, 3.05) is 20.2 Å². The Morgan fingerprint density at radius 1 is 1.48 bits per heavy atom. The van der Waals surface area contributed by atoms with E-state index in [0.717, 1.165) is 17.1 Å². The predicted octanol–water partition coefficient (Wildman–Crippen LogP) is 1.83. The molecule has 1 N–H and O–H groups in total. The van der Waals surface area contributed by atoms with Crippen LogP contribution in [0, 0.1) is 5.92 Å². The maximum Gasteiger partial charge on any atom is 0.318 e. The summed E-state index contributed by atoms with van der Waals surface area (Å²) < 4.78 is 31.4. The Hall–Kier alpha value is -1.31. The van der Waals surface area contributed by atoms with Crippen LogP contribution in [-0.2, 0) is 14.8 Å². The van der Waals surface area contributed by atoms with Crippen molar-refractivity contribution in [2.24, 2.45) is 5.92 Å². The van der Waals surface area contributed by atoms with Gasteiger partial charge in [0.2, 0.25) is 10.0 Å². The van der Waals surface area contributed by atoms with E-state index in [9.17, 15) is 13.2 Å². The fourth-order valence-corrected chi connectivity index (χ4v) is 3.74. The molecule has 21 heavy (non-hydrogen) atoms. The van der Waals surface area contributed by atoms with E-state index in [-0.39, 0.29) is 23.1 Å². The molecule has 0 bridgehead atoms. The van der Waals surface area contributed by atoms with Crippen LogP contribution < -0.4 is 4.74 Å². The number of sulfonamides is 1. The van der Waals surface area contributed by atoms with Gasteiger partial charge in [-0.1, -0.05) is 11.6 Å². The number of carboxylic acids is 1. The summed E-state index contributed by atoms with van der Waals surface area (Å²) in [6.45, 7) is -0.356. The number of methoxy groups -OCH3 is 1. The molecule has 1 aliphatic rings. The van der Waals surface area contributed by atoms with Crippen molar-refractivity contribution in [3.05, 3.63) is 23.2 Å². The standard InChI is InChI=1S/C13H16ClNO5S/c1-20-11-6-10(14)4-5-12(11)21(18,19)15(8-13(16)17)7-9-2-3-9/h4-6,9H,2-3,7-8H2,1H3,(H,16,17). The van der Waals surface area contributed by atoms with Crippen LogP contribution in [0.2, 0.25) is 5.02 Å². The Bertz CT molecular complexity index is 642. The topological polar surface area (TPSA) is 83.9 Å². The molecule has 0 aliphatic heterocycles. The Balaban J connectivity index is 2.38. The van der Waals surface area contributed by atoms with E-state index >= 15 is 0 Å². The van der Waals surface area contributed by atoms with Crippen molar-refractivity contribution in [1.29, 1.82) is 0 Å². The van der Waals surface area contributed by atoms with Gasteiger partial charge in [-0.2, -0.15) is 4.31 Å². The van der Waals surface area contributed by atoms with Crippen molar-refractivity contribution in [3.63, 3.8) is 0 Å². The van der Waals surface area contributed by atoms with Gasteiger partial charge in [-0.3, -0.25) is 4.79 Å². The number of carbonyl (C=O) groups is 1. The van der Waals surface area contributed by atoms with E-state index < -0.39 is 22.5 Å². The predicted molar refractivity (Wildman–Crippen MR) is 77.1 cm³/mol. The van der Waals surface area contributed by atoms with Crippen molar-refractivity contribution >= 4 is 27.6 Å². The third-order valence-corrected chi connectivity index (χ3v) is 5.30. The largest absolute Gasteiger partial charge is 0.495 e. The number of rotatable bonds is 7. The van der Waals surface area contributed by atoms with Gasteiger partial charge in [-0.15, -0.1) is 0 Å². The molecular formula is C13H16ClNO5S. The molecule has 0 radical (unpaired) electrons. The van der Waals surface area contributed by atoms with Crippen LogP contribution >= 0.6 is 11.6 Å². The molecule has 1 aromatic carbocycles. The summed E-state index contributed by atoms with van der Waals surface area (Å²) >= 11 is 5.82. The quantitative estimate of drug-likeness (QED) is 0.823. The summed E-state index contributed by atoms with van der Waals surface area (Å²) in [7, 11) is -2.60. The molecular weight excluding hydrogens is 318 g/mol. The van der Waals surface area contributed by atoms with E-state index in [1.807, 2.05) is 0 Å². The molecule has 0 unspecified atom stereocenters. The zero-order valence-corrected chi connectivity index (χ0v) is 13.0. The molecule has 1 fully saturated rings. The molecule has 0 heterocycles. The van der Waals surface area contributed by atoms with Crippen LogP contribution in [0.25, 0.3) is 0 Å². The van der Waals surface area contributed by atoms with Crippen LogP contribution in [0.5, 0.6) is 5.75 Å². The highest BCUT2D eigenvalue weighted by Gasteiger charge is 2.34. The summed E-state index contributed by atoms with van der Waals surface area (Å²) in [5, 5.41) is 9.28. The number of benzene rings is 1. The van der Waals surface area contributed by atoms with Gasteiger partial charge in [0.25, 0.3) is 0 Å². The Labute approximate surface area is 128 Å². The molecule has 2 rings (SSSR count). The number of halogens is 1. The lowest BCUT2D eigenvalue weighted by molar-refractivity contribution is -0.137. The first kappa shape index (κ1) is 16.1. The van der Waals surface area contributed by atoms with Crippen molar-refractivity contribution < 1.29 is 23.1 Å². The van der Waals surface area contributed by atoms with E-state index in [4.69, 9.17) is 21.4 Å². The molecule has 0 spiro atoms. The normalized spacial score (nSPS) is 15.2. The average molecular weight is 334 g/mol. The first-order valence-corrected chi connectivity index (χ1v) is 8.22. The van der Waals surface area contributed by atoms with Gasteiger partial charge in [0.1, 0.15) is 17.2 Å². The molecule has 1 saturated carbocycles. The van der Waals surface area contributed by atoms with Gasteiger partial charge in [0.15, 0.2) is 0 Å². The minimum atomic E-state index is -3.94. The van der Waals surface area contributed by atoms with Crippen LogP contribution in [-0.4, -0.2) is 44.0 Å². The number of nitrogens with zero attached hydrogens (tertiary/aromatic N) is 1. The second-order valence-corrected chi connectivity index (χ2v) is 7.27. The highest BCUT2D eigenvalue weighted by molar-refractivity contribution is 7.89. The minimum Gasteiger partial charge on any atom is -0.495 e. The molecule has 6 nitrogen and oxygen atoms in total. The Morgan fingerprint density at radius 2 is 2.14 bits per heavy atom. The first-order chi connectivity index (χ1) is 9.84. The van der Waals surface area contributed by atoms with Gasteiger partial charge in [-0.05, 0) is 30.9 Å². The number of hydrogen-bond acceptors (Lipinski definition) is 4. The fraction of sp³-hybridized carbons (Fsp3) is 0.462. The SMILES string of the molecule is COc1cc(Cl)ccc1S(=O)(=O)N(CC(=O)O)CC1CC1. The second-order valence-electron chi connectivity index (χ2n) is 4.93. The lowest BCUT2D eigenvalue weighted by atomic mass is 10.3. The van der Waals surface area contributed by atoms with E-state index in [0.29, 0.717) is 5.02 Å². The zero-order chi connectivity index (χ0) is 15.6. The molecule has 1 aliphatic carbocycles. The Kier molecular flexibility index (Phi) is 4.75. The van der Waals surface area contributed by atoms with Crippen LogP contribution in [0.15, 0.2) is 23.1 Å². The second kappa shape index (κ2) is 6.21. The van der Waals surface area contributed by atoms with Crippen molar-refractivity contribution in [3.8, 4) is 5.75 Å². The van der Waals surface area contributed by atoms with Crippen molar-refractivity contribution in [1.82, 2.24) is 4.31 Å². The van der Waals surface area contributed by atoms with Crippen LogP contribution in [0.1, 0.15) is 12.8 Å². The summed E-state index contributed by atoms with van der Waals surface area (Å²) in [5.41, 5.74) is 0. The van der Waals surface area contributed by atoms with Gasteiger partial charge < -0.3 is 9.84 Å². The van der Waals surface area contributed by atoms with Crippen molar-refractivity contribution in [2.45, 2.75) is 17.7 Å². The van der Waals surface area contributed by atoms with Gasteiger partial charge in [0, 0.05) is 17.6 Å². The third kappa shape index (κ3) is 3.87. The van der Waals surface area contributed by atoms with E-state index in [1.165, 1.54) is 25.3 Å². The highest BCUT2D eigenvalue weighted by atomic mass is 35.5. The molecule has 0 amide bonds. The van der Waals surface area contributed by atoms with E-state index in [1.54, 1.807) is 0 Å². The highest BCUT2D eigenvalue weighted by Crippen LogP contribution is 2.34.